The van der Waals surface area contributed by atoms with Crippen molar-refractivity contribution in [3.8, 4) is 5.75 Å². The zero-order valence-corrected chi connectivity index (χ0v) is 17.5. The Kier molecular flexibility index (Phi) is 6.73. The maximum atomic E-state index is 12.3. The summed E-state index contributed by atoms with van der Waals surface area (Å²) in [5.41, 5.74) is 1.12. The Morgan fingerprint density at radius 3 is 2.50 bits per heavy atom. The van der Waals surface area contributed by atoms with Gasteiger partial charge in [0.05, 0.1) is 0 Å². The van der Waals surface area contributed by atoms with Gasteiger partial charge in [0.2, 0.25) is 0 Å². The molecule has 0 aliphatic carbocycles. The van der Waals surface area contributed by atoms with Gasteiger partial charge in [-0.05, 0) is 54.8 Å². The van der Waals surface area contributed by atoms with Gasteiger partial charge in [-0.1, -0.05) is 44.0 Å². The zero-order valence-electron chi connectivity index (χ0n) is 14.3. The number of carbonyl (C=O) groups is 1. The van der Waals surface area contributed by atoms with Gasteiger partial charge in [0.1, 0.15) is 5.75 Å². The van der Waals surface area contributed by atoms with Crippen molar-refractivity contribution in [1.29, 1.82) is 0 Å². The number of hydrogen-bond donors (Lipinski definition) is 1. The summed E-state index contributed by atoms with van der Waals surface area (Å²) in [7, 11) is 0. The predicted molar refractivity (Wildman–Crippen MR) is 109 cm³/mol. The summed E-state index contributed by atoms with van der Waals surface area (Å²) in [4.78, 5) is 12.3. The van der Waals surface area contributed by atoms with Crippen LogP contribution in [0.4, 0.5) is 0 Å². The van der Waals surface area contributed by atoms with E-state index in [1.807, 2.05) is 36.4 Å². The lowest BCUT2D eigenvalue weighted by Crippen LogP contribution is -2.45. The van der Waals surface area contributed by atoms with Gasteiger partial charge in [-0.2, -0.15) is 0 Å². The van der Waals surface area contributed by atoms with Crippen molar-refractivity contribution in [2.24, 2.45) is 0 Å². The van der Waals surface area contributed by atoms with Crippen LogP contribution in [-0.2, 0) is 14.9 Å². The van der Waals surface area contributed by atoms with Gasteiger partial charge in [-0.25, -0.2) is 0 Å². The lowest BCUT2D eigenvalue weighted by molar-refractivity contribution is -0.123. The Bertz CT molecular complexity index is 743. The van der Waals surface area contributed by atoms with Gasteiger partial charge in [-0.3, -0.25) is 4.79 Å². The van der Waals surface area contributed by atoms with Crippen LogP contribution in [0.1, 0.15) is 18.4 Å². The molecule has 1 aliphatic heterocycles. The predicted octanol–water partition coefficient (Wildman–Crippen LogP) is 4.46. The first-order chi connectivity index (χ1) is 12.6. The maximum Gasteiger partial charge on any atom is 0.257 e. The molecule has 0 radical (unpaired) electrons. The molecule has 4 nitrogen and oxygen atoms in total. The largest absolute Gasteiger partial charge is 0.484 e. The average Bonchev–Trinajstić information content (AvgIpc) is 2.67. The van der Waals surface area contributed by atoms with Crippen LogP contribution in [0.5, 0.6) is 5.75 Å². The molecule has 0 atom stereocenters. The van der Waals surface area contributed by atoms with Gasteiger partial charge in [0.15, 0.2) is 6.61 Å². The molecule has 1 saturated heterocycles. The van der Waals surface area contributed by atoms with Crippen molar-refractivity contribution in [3.63, 3.8) is 0 Å². The highest BCUT2D eigenvalue weighted by molar-refractivity contribution is 9.10. The van der Waals surface area contributed by atoms with Crippen molar-refractivity contribution >= 4 is 37.8 Å². The second-order valence-electron chi connectivity index (χ2n) is 6.42. The Hall–Kier alpha value is -1.37. The third kappa shape index (κ3) is 5.09. The number of benzene rings is 2. The van der Waals surface area contributed by atoms with E-state index in [0.29, 0.717) is 25.5 Å². The lowest BCUT2D eigenvalue weighted by Gasteiger charge is -2.38. The molecule has 0 unspecified atom stereocenters. The highest BCUT2D eigenvalue weighted by Crippen LogP contribution is 2.35. The molecule has 1 aliphatic rings. The van der Waals surface area contributed by atoms with Crippen molar-refractivity contribution < 1.29 is 14.3 Å². The minimum absolute atomic E-state index is 0.00664. The van der Waals surface area contributed by atoms with E-state index in [1.165, 1.54) is 5.56 Å². The SMILES string of the molecule is O=C(COc1ccc(Br)cc1)NCC1(c2cccc(Br)c2)CCOCC1. The quantitative estimate of drug-likeness (QED) is 0.661. The van der Waals surface area contributed by atoms with Gasteiger partial charge >= 0.3 is 0 Å². The molecule has 26 heavy (non-hydrogen) atoms. The number of amides is 1. The molecule has 2 aromatic rings. The third-order valence-electron chi connectivity index (χ3n) is 4.69. The first-order valence-electron chi connectivity index (χ1n) is 8.56. The molecular formula is C20H21Br2NO3. The van der Waals surface area contributed by atoms with Crippen LogP contribution in [-0.4, -0.2) is 32.3 Å². The molecule has 0 spiro atoms. The first kappa shape index (κ1) is 19.4. The second-order valence-corrected chi connectivity index (χ2v) is 8.25. The van der Waals surface area contributed by atoms with Crippen LogP contribution in [0, 0.1) is 0 Å². The van der Waals surface area contributed by atoms with Crippen molar-refractivity contribution in [2.75, 3.05) is 26.4 Å². The molecule has 3 rings (SSSR count). The van der Waals surface area contributed by atoms with E-state index in [1.54, 1.807) is 0 Å². The van der Waals surface area contributed by atoms with Gasteiger partial charge < -0.3 is 14.8 Å². The number of ether oxygens (including phenoxy) is 2. The van der Waals surface area contributed by atoms with Crippen molar-refractivity contribution in [3.05, 3.63) is 63.0 Å². The number of nitrogens with one attached hydrogen (secondary N) is 1. The molecule has 1 heterocycles. The summed E-state index contributed by atoms with van der Waals surface area (Å²) in [5, 5.41) is 3.05. The lowest BCUT2D eigenvalue weighted by atomic mass is 9.74. The minimum Gasteiger partial charge on any atom is -0.484 e. The summed E-state index contributed by atoms with van der Waals surface area (Å²) in [6.07, 6.45) is 1.77. The van der Waals surface area contributed by atoms with Gasteiger partial charge in [0.25, 0.3) is 5.91 Å². The fourth-order valence-corrected chi connectivity index (χ4v) is 3.81. The van der Waals surface area contributed by atoms with Gasteiger partial charge in [0, 0.05) is 34.1 Å². The van der Waals surface area contributed by atoms with Crippen LogP contribution in [0.25, 0.3) is 0 Å². The Morgan fingerprint density at radius 1 is 1.08 bits per heavy atom. The Labute approximate surface area is 170 Å². The standard InChI is InChI=1S/C20H21Br2NO3/c21-16-4-6-18(7-5-16)26-13-19(24)23-14-20(8-10-25-11-9-20)15-2-1-3-17(22)12-15/h1-7,12H,8-11,13-14H2,(H,23,24). The molecule has 138 valence electrons. The summed E-state index contributed by atoms with van der Waals surface area (Å²) in [6, 6.07) is 15.7. The summed E-state index contributed by atoms with van der Waals surface area (Å²) < 4.78 is 13.1. The smallest absolute Gasteiger partial charge is 0.257 e. The summed E-state index contributed by atoms with van der Waals surface area (Å²) in [6.45, 7) is 2.00. The second kappa shape index (κ2) is 9.02. The van der Waals surface area contributed by atoms with E-state index < -0.39 is 0 Å². The van der Waals surface area contributed by atoms with E-state index in [9.17, 15) is 4.79 Å². The van der Waals surface area contributed by atoms with Crippen molar-refractivity contribution in [2.45, 2.75) is 18.3 Å². The highest BCUT2D eigenvalue weighted by Gasteiger charge is 2.35. The summed E-state index contributed by atoms with van der Waals surface area (Å²) >= 11 is 6.93. The normalized spacial score (nSPS) is 16.1. The molecule has 2 aromatic carbocycles. The number of halogens is 2. The maximum absolute atomic E-state index is 12.3. The molecule has 0 bridgehead atoms. The molecule has 6 heteroatoms. The Morgan fingerprint density at radius 2 is 1.81 bits per heavy atom. The van der Waals surface area contributed by atoms with E-state index in [2.05, 4.69) is 49.3 Å². The molecule has 0 aromatic heterocycles. The van der Waals surface area contributed by atoms with E-state index in [0.717, 1.165) is 21.8 Å². The number of rotatable bonds is 6. The van der Waals surface area contributed by atoms with Crippen molar-refractivity contribution in [1.82, 2.24) is 5.32 Å². The average molecular weight is 483 g/mol. The summed E-state index contributed by atoms with van der Waals surface area (Å²) in [5.74, 6) is 0.560. The first-order valence-corrected chi connectivity index (χ1v) is 10.1. The van der Waals surface area contributed by atoms with Gasteiger partial charge in [-0.15, -0.1) is 0 Å². The molecule has 1 N–H and O–H groups in total. The van der Waals surface area contributed by atoms with Crippen LogP contribution in [0.2, 0.25) is 0 Å². The van der Waals surface area contributed by atoms with Crippen LogP contribution < -0.4 is 10.1 Å². The zero-order chi connectivity index (χ0) is 18.4. The fraction of sp³-hybridized carbons (Fsp3) is 0.350. The molecule has 0 saturated carbocycles. The monoisotopic (exact) mass is 481 g/mol. The number of carbonyl (C=O) groups excluding carboxylic acids is 1. The fourth-order valence-electron chi connectivity index (χ4n) is 3.15. The molecular weight excluding hydrogens is 462 g/mol. The Balaban J connectivity index is 1.60. The van der Waals surface area contributed by atoms with E-state index >= 15 is 0 Å². The topological polar surface area (TPSA) is 47.6 Å². The van der Waals surface area contributed by atoms with Crippen LogP contribution in [0.3, 0.4) is 0 Å². The van der Waals surface area contributed by atoms with Crippen LogP contribution >= 0.6 is 31.9 Å². The van der Waals surface area contributed by atoms with E-state index in [4.69, 9.17) is 9.47 Å². The molecule has 1 amide bonds. The highest BCUT2D eigenvalue weighted by atomic mass is 79.9. The van der Waals surface area contributed by atoms with E-state index in [-0.39, 0.29) is 17.9 Å². The minimum atomic E-state index is -0.117. The van der Waals surface area contributed by atoms with Crippen LogP contribution in [0.15, 0.2) is 57.5 Å². The number of hydrogen-bond acceptors (Lipinski definition) is 3. The third-order valence-corrected chi connectivity index (χ3v) is 5.72. The molecule has 1 fully saturated rings.